The maximum absolute atomic E-state index is 12.6. The average Bonchev–Trinajstić information content (AvgIpc) is 3.21. The summed E-state index contributed by atoms with van der Waals surface area (Å²) in [5.41, 5.74) is 1.75. The van der Waals surface area contributed by atoms with E-state index in [4.69, 9.17) is 0 Å². The van der Waals surface area contributed by atoms with E-state index in [2.05, 4.69) is 20.8 Å². The second kappa shape index (κ2) is 7.20. The van der Waals surface area contributed by atoms with Gasteiger partial charge in [0.15, 0.2) is 5.65 Å². The molecule has 0 atom stereocenters. The Morgan fingerprint density at radius 3 is 2.39 bits per heavy atom. The van der Waals surface area contributed by atoms with Gasteiger partial charge in [0, 0.05) is 12.7 Å². The minimum atomic E-state index is -3.55. The van der Waals surface area contributed by atoms with E-state index in [9.17, 15) is 13.2 Å². The fraction of sp³-hybridized carbons (Fsp3) is 0.0526. The molecular formula is C19H15N5O3S. The van der Waals surface area contributed by atoms with Gasteiger partial charge in [0.2, 0.25) is 9.84 Å². The molecule has 2 heterocycles. The largest absolute Gasteiger partial charge is 0.348 e. The second-order valence-corrected chi connectivity index (χ2v) is 7.99. The van der Waals surface area contributed by atoms with Gasteiger partial charge in [0.25, 0.3) is 5.91 Å². The summed E-state index contributed by atoms with van der Waals surface area (Å²) in [6, 6.07) is 18.0. The molecule has 140 valence electrons. The SMILES string of the molecule is O=C(NCc1ccc(S(=O)(=O)c2ccccc2)cc1)c1ccc2nnnn2c1. The molecule has 0 aliphatic carbocycles. The molecule has 0 unspecified atom stereocenters. The van der Waals surface area contributed by atoms with Crippen LogP contribution in [0.2, 0.25) is 0 Å². The van der Waals surface area contributed by atoms with Crippen LogP contribution >= 0.6 is 0 Å². The van der Waals surface area contributed by atoms with Crippen LogP contribution in [0.1, 0.15) is 15.9 Å². The zero-order chi connectivity index (χ0) is 19.6. The van der Waals surface area contributed by atoms with Crippen LogP contribution in [0.5, 0.6) is 0 Å². The first-order chi connectivity index (χ1) is 13.5. The number of pyridine rings is 1. The molecule has 1 amide bonds. The minimum Gasteiger partial charge on any atom is -0.348 e. The molecular weight excluding hydrogens is 378 g/mol. The standard InChI is InChI=1S/C19H15N5O3S/c25-19(15-8-11-18-21-22-23-24(18)13-15)20-12-14-6-9-17(10-7-14)28(26,27)16-4-2-1-3-5-16/h1-11,13H,12H2,(H,20,25). The van der Waals surface area contributed by atoms with E-state index < -0.39 is 9.84 Å². The monoisotopic (exact) mass is 393 g/mol. The zero-order valence-corrected chi connectivity index (χ0v) is 15.4. The number of tetrazole rings is 1. The third kappa shape index (κ3) is 3.47. The molecule has 28 heavy (non-hydrogen) atoms. The lowest BCUT2D eigenvalue weighted by Crippen LogP contribution is -2.23. The molecule has 0 aliphatic heterocycles. The van der Waals surface area contributed by atoms with Crippen LogP contribution in [0.4, 0.5) is 0 Å². The molecule has 4 rings (SSSR count). The van der Waals surface area contributed by atoms with Gasteiger partial charge in [-0.15, -0.1) is 5.10 Å². The van der Waals surface area contributed by atoms with Crippen LogP contribution in [0.3, 0.4) is 0 Å². The number of nitrogens with zero attached hydrogens (tertiary/aromatic N) is 4. The van der Waals surface area contributed by atoms with Gasteiger partial charge in [0.1, 0.15) is 0 Å². The van der Waals surface area contributed by atoms with Crippen molar-refractivity contribution < 1.29 is 13.2 Å². The molecule has 2 aromatic heterocycles. The highest BCUT2D eigenvalue weighted by molar-refractivity contribution is 7.91. The molecule has 4 aromatic rings. The van der Waals surface area contributed by atoms with Crippen molar-refractivity contribution in [1.82, 2.24) is 25.4 Å². The van der Waals surface area contributed by atoms with Crippen molar-refractivity contribution >= 4 is 21.4 Å². The van der Waals surface area contributed by atoms with Crippen molar-refractivity contribution in [2.75, 3.05) is 0 Å². The normalized spacial score (nSPS) is 11.4. The van der Waals surface area contributed by atoms with Gasteiger partial charge in [-0.2, -0.15) is 4.52 Å². The van der Waals surface area contributed by atoms with Gasteiger partial charge in [-0.05, 0) is 52.4 Å². The first-order valence-corrected chi connectivity index (χ1v) is 9.87. The highest BCUT2D eigenvalue weighted by atomic mass is 32.2. The maximum atomic E-state index is 12.6. The number of rotatable bonds is 5. The Bertz CT molecular complexity index is 1240. The number of hydrogen-bond donors (Lipinski definition) is 1. The average molecular weight is 393 g/mol. The van der Waals surface area contributed by atoms with Gasteiger partial charge in [-0.3, -0.25) is 4.79 Å². The summed E-state index contributed by atoms with van der Waals surface area (Å²) in [5.74, 6) is -0.279. The Balaban J connectivity index is 1.45. The number of nitrogens with one attached hydrogen (secondary N) is 1. The van der Waals surface area contributed by atoms with Crippen molar-refractivity contribution in [2.45, 2.75) is 16.3 Å². The summed E-state index contributed by atoms with van der Waals surface area (Å²) in [7, 11) is -3.55. The van der Waals surface area contributed by atoms with E-state index in [1.165, 1.54) is 16.6 Å². The smallest absolute Gasteiger partial charge is 0.253 e. The van der Waals surface area contributed by atoms with Crippen molar-refractivity contribution in [3.05, 3.63) is 84.1 Å². The highest BCUT2D eigenvalue weighted by Crippen LogP contribution is 2.20. The first kappa shape index (κ1) is 17.8. The lowest BCUT2D eigenvalue weighted by Gasteiger charge is -2.08. The molecule has 0 spiro atoms. The summed E-state index contributed by atoms with van der Waals surface area (Å²) in [6.07, 6.45) is 1.54. The molecule has 0 radical (unpaired) electrons. The van der Waals surface area contributed by atoms with E-state index in [-0.39, 0.29) is 22.2 Å². The third-order valence-corrected chi connectivity index (χ3v) is 5.98. The number of aromatic nitrogens is 4. The molecule has 0 saturated heterocycles. The highest BCUT2D eigenvalue weighted by Gasteiger charge is 2.17. The molecule has 0 aliphatic rings. The lowest BCUT2D eigenvalue weighted by molar-refractivity contribution is 0.0950. The Morgan fingerprint density at radius 2 is 1.64 bits per heavy atom. The fourth-order valence-electron chi connectivity index (χ4n) is 2.68. The van der Waals surface area contributed by atoms with Gasteiger partial charge in [-0.25, -0.2) is 8.42 Å². The number of hydrogen-bond acceptors (Lipinski definition) is 6. The Morgan fingerprint density at radius 1 is 0.929 bits per heavy atom. The fourth-order valence-corrected chi connectivity index (χ4v) is 3.96. The van der Waals surface area contributed by atoms with Crippen molar-refractivity contribution in [1.29, 1.82) is 0 Å². The van der Waals surface area contributed by atoms with Crippen LogP contribution in [0, 0.1) is 0 Å². The van der Waals surface area contributed by atoms with Gasteiger partial charge in [0.05, 0.1) is 15.4 Å². The van der Waals surface area contributed by atoms with Crippen molar-refractivity contribution in [2.24, 2.45) is 0 Å². The zero-order valence-electron chi connectivity index (χ0n) is 14.6. The van der Waals surface area contributed by atoms with Crippen molar-refractivity contribution in [3.63, 3.8) is 0 Å². The molecule has 0 fully saturated rings. The van der Waals surface area contributed by atoms with Crippen LogP contribution in [0.15, 0.2) is 82.7 Å². The summed E-state index contributed by atoms with van der Waals surface area (Å²) in [5, 5.41) is 13.9. The Labute approximate surface area is 160 Å². The van der Waals surface area contributed by atoms with E-state index in [0.717, 1.165) is 5.56 Å². The number of carbonyl (C=O) groups excluding carboxylic acids is 1. The number of benzene rings is 2. The predicted molar refractivity (Wildman–Crippen MR) is 100 cm³/mol. The Hall–Kier alpha value is -3.59. The summed E-state index contributed by atoms with van der Waals surface area (Å²) >= 11 is 0. The number of fused-ring (bicyclic) bond motifs is 1. The van der Waals surface area contributed by atoms with Gasteiger partial charge < -0.3 is 5.32 Å². The van der Waals surface area contributed by atoms with Gasteiger partial charge >= 0.3 is 0 Å². The van der Waals surface area contributed by atoms with Crippen LogP contribution in [-0.2, 0) is 16.4 Å². The van der Waals surface area contributed by atoms with Crippen LogP contribution < -0.4 is 5.32 Å². The number of amides is 1. The van der Waals surface area contributed by atoms with Crippen molar-refractivity contribution in [3.8, 4) is 0 Å². The molecule has 8 nitrogen and oxygen atoms in total. The molecule has 9 heteroatoms. The number of sulfone groups is 1. The predicted octanol–water partition coefficient (Wildman–Crippen LogP) is 1.89. The lowest BCUT2D eigenvalue weighted by atomic mass is 10.2. The van der Waals surface area contributed by atoms with E-state index in [1.54, 1.807) is 60.8 Å². The topological polar surface area (TPSA) is 106 Å². The summed E-state index contributed by atoms with van der Waals surface area (Å²) in [6.45, 7) is 0.262. The number of carbonyl (C=O) groups is 1. The Kier molecular flexibility index (Phi) is 4.58. The quantitative estimate of drug-likeness (QED) is 0.555. The second-order valence-electron chi connectivity index (χ2n) is 6.04. The molecule has 0 saturated carbocycles. The molecule has 2 aromatic carbocycles. The minimum absolute atomic E-state index is 0.206. The maximum Gasteiger partial charge on any atom is 0.253 e. The molecule has 0 bridgehead atoms. The molecule has 1 N–H and O–H groups in total. The summed E-state index contributed by atoms with van der Waals surface area (Å²) in [4.78, 5) is 12.8. The van der Waals surface area contributed by atoms with Gasteiger partial charge in [-0.1, -0.05) is 30.3 Å². The van der Waals surface area contributed by atoms with E-state index in [0.29, 0.717) is 11.2 Å². The third-order valence-electron chi connectivity index (χ3n) is 4.19. The first-order valence-electron chi connectivity index (χ1n) is 8.39. The van der Waals surface area contributed by atoms with Crippen LogP contribution in [0.25, 0.3) is 5.65 Å². The summed E-state index contributed by atoms with van der Waals surface area (Å²) < 4.78 is 26.6. The van der Waals surface area contributed by atoms with E-state index >= 15 is 0 Å². The van der Waals surface area contributed by atoms with Crippen LogP contribution in [-0.4, -0.2) is 34.4 Å². The van der Waals surface area contributed by atoms with E-state index in [1.807, 2.05) is 0 Å².